The van der Waals surface area contributed by atoms with Crippen molar-refractivity contribution < 1.29 is 15.0 Å². The predicted octanol–water partition coefficient (Wildman–Crippen LogP) is -0.523. The third-order valence-corrected chi connectivity index (χ3v) is 1.18. The number of carboxylic acids is 1. The Morgan fingerprint density at radius 1 is 1.50 bits per heavy atom. The summed E-state index contributed by atoms with van der Waals surface area (Å²) in [6, 6.07) is 4.04. The minimum atomic E-state index is -1.44. The summed E-state index contributed by atoms with van der Waals surface area (Å²) in [6.45, 7) is -0.889. The van der Waals surface area contributed by atoms with Crippen molar-refractivity contribution in [3.63, 3.8) is 0 Å². The fraction of sp³-hybridized carbons (Fsp3) is 0.167. The molecule has 3 nitrogen and oxygen atoms in total. The number of thiophene rings is 1. The molecule has 0 aliphatic carbocycles. The highest BCUT2D eigenvalue weighted by atomic mass is 32.1. The molecule has 0 atom stereocenters. The van der Waals surface area contributed by atoms with Crippen LogP contribution in [0.2, 0.25) is 0 Å². The minimum Gasteiger partial charge on any atom is -0.548 e. The molecule has 56 valence electrons. The Bertz CT molecular complexity index is 142. The Hall–Kier alpha value is -0.870. The highest BCUT2D eigenvalue weighted by Crippen LogP contribution is 1.91. The average Bonchev–Trinajstić information content (AvgIpc) is 2.43. The lowest BCUT2D eigenvalue weighted by Crippen LogP contribution is -2.25. The lowest BCUT2D eigenvalue weighted by Gasteiger charge is -1.86. The Balaban J connectivity index is 0.000000162. The van der Waals surface area contributed by atoms with Crippen LogP contribution in [0.1, 0.15) is 0 Å². The normalized spacial score (nSPS) is 7.70. The fourth-order valence-electron chi connectivity index (χ4n) is 0.227. The summed E-state index contributed by atoms with van der Waals surface area (Å²) in [5, 5.41) is 20.6. The summed E-state index contributed by atoms with van der Waals surface area (Å²) in [6.07, 6.45) is 0. The van der Waals surface area contributed by atoms with E-state index in [0.29, 0.717) is 0 Å². The van der Waals surface area contributed by atoms with E-state index in [1.54, 1.807) is 11.3 Å². The summed E-state index contributed by atoms with van der Waals surface area (Å²) < 4.78 is 0. The van der Waals surface area contributed by atoms with Gasteiger partial charge in [0.25, 0.3) is 0 Å². The Morgan fingerprint density at radius 2 is 1.90 bits per heavy atom. The summed E-state index contributed by atoms with van der Waals surface area (Å²) >= 11 is 1.71. The van der Waals surface area contributed by atoms with Gasteiger partial charge in [-0.3, -0.25) is 0 Å². The SMILES string of the molecule is O=C([O-])CO.c1ccsc1. The van der Waals surface area contributed by atoms with Crippen molar-refractivity contribution in [2.45, 2.75) is 0 Å². The molecule has 0 aromatic carbocycles. The Labute approximate surface area is 62.6 Å². The molecule has 0 saturated carbocycles. The van der Waals surface area contributed by atoms with Gasteiger partial charge in [-0.25, -0.2) is 0 Å². The lowest BCUT2D eigenvalue weighted by molar-refractivity contribution is -0.308. The van der Waals surface area contributed by atoms with E-state index < -0.39 is 12.6 Å². The topological polar surface area (TPSA) is 60.4 Å². The number of aliphatic hydroxyl groups is 1. The fourth-order valence-corrected chi connectivity index (χ4v) is 0.680. The molecule has 1 rings (SSSR count). The monoisotopic (exact) mass is 159 g/mol. The number of carbonyl (C=O) groups is 1. The van der Waals surface area contributed by atoms with Crippen LogP contribution in [0.3, 0.4) is 0 Å². The van der Waals surface area contributed by atoms with Crippen molar-refractivity contribution in [1.29, 1.82) is 0 Å². The zero-order valence-electron chi connectivity index (χ0n) is 5.19. The van der Waals surface area contributed by atoms with Crippen LogP contribution in [0.4, 0.5) is 0 Å². The molecule has 0 aliphatic rings. The largest absolute Gasteiger partial charge is 0.548 e. The first-order chi connectivity index (χ1) is 4.77. The van der Waals surface area contributed by atoms with Crippen molar-refractivity contribution in [3.8, 4) is 0 Å². The third-order valence-electron chi connectivity index (χ3n) is 0.554. The number of hydrogen-bond donors (Lipinski definition) is 1. The maximum absolute atomic E-state index is 9.01. The molecule has 0 fully saturated rings. The molecular formula is C6H7O3S-. The molecule has 0 unspecified atom stereocenters. The number of rotatable bonds is 1. The average molecular weight is 159 g/mol. The Morgan fingerprint density at radius 3 is 2.00 bits per heavy atom. The molecule has 0 saturated heterocycles. The van der Waals surface area contributed by atoms with Gasteiger partial charge in [-0.2, -0.15) is 11.3 Å². The van der Waals surface area contributed by atoms with E-state index in [1.165, 1.54) is 0 Å². The van der Waals surface area contributed by atoms with Gasteiger partial charge < -0.3 is 15.0 Å². The van der Waals surface area contributed by atoms with Crippen molar-refractivity contribution in [2.75, 3.05) is 6.61 Å². The van der Waals surface area contributed by atoms with Crippen molar-refractivity contribution in [1.82, 2.24) is 0 Å². The standard InChI is InChI=1S/C4H4S.C2H4O3/c1-2-4-5-3-1;3-1-2(4)5/h1-4H;3H,1H2,(H,4,5)/p-1. The minimum absolute atomic E-state index is 0.889. The smallest absolute Gasteiger partial charge is 0.0826 e. The summed E-state index contributed by atoms with van der Waals surface area (Å²) in [5.41, 5.74) is 0. The Kier molecular flexibility index (Phi) is 5.71. The van der Waals surface area contributed by atoms with Gasteiger partial charge >= 0.3 is 0 Å². The van der Waals surface area contributed by atoms with Crippen molar-refractivity contribution in [3.05, 3.63) is 22.9 Å². The summed E-state index contributed by atoms with van der Waals surface area (Å²) in [7, 11) is 0. The van der Waals surface area contributed by atoms with Crippen LogP contribution in [0, 0.1) is 0 Å². The quantitative estimate of drug-likeness (QED) is 0.599. The number of aliphatic hydroxyl groups excluding tert-OH is 1. The van der Waals surface area contributed by atoms with Gasteiger partial charge in [0.1, 0.15) is 0 Å². The molecule has 0 amide bonds. The first-order valence-corrected chi connectivity index (χ1v) is 3.49. The molecule has 1 aromatic rings. The second kappa shape index (κ2) is 6.25. The zero-order valence-corrected chi connectivity index (χ0v) is 6.00. The first-order valence-electron chi connectivity index (χ1n) is 2.55. The van der Waals surface area contributed by atoms with Crippen LogP contribution in [-0.4, -0.2) is 17.7 Å². The van der Waals surface area contributed by atoms with E-state index in [1.807, 2.05) is 22.9 Å². The second-order valence-electron chi connectivity index (χ2n) is 1.32. The van der Waals surface area contributed by atoms with Crippen molar-refractivity contribution >= 4 is 17.3 Å². The summed E-state index contributed by atoms with van der Waals surface area (Å²) in [5.74, 6) is -1.44. The number of aliphatic carboxylic acids is 1. The van der Waals surface area contributed by atoms with Gasteiger partial charge in [-0.1, -0.05) is 12.1 Å². The number of hydrogen-bond acceptors (Lipinski definition) is 4. The van der Waals surface area contributed by atoms with Gasteiger partial charge in [-0.05, 0) is 10.8 Å². The number of carboxylic acid groups (broad SMARTS) is 1. The van der Waals surface area contributed by atoms with Crippen LogP contribution in [0.15, 0.2) is 22.9 Å². The molecule has 4 heteroatoms. The van der Waals surface area contributed by atoms with Crippen LogP contribution in [0.5, 0.6) is 0 Å². The van der Waals surface area contributed by atoms with Crippen LogP contribution >= 0.6 is 11.3 Å². The van der Waals surface area contributed by atoms with Crippen LogP contribution in [-0.2, 0) is 4.79 Å². The first kappa shape index (κ1) is 9.13. The van der Waals surface area contributed by atoms with Gasteiger partial charge in [0.2, 0.25) is 0 Å². The van der Waals surface area contributed by atoms with E-state index in [9.17, 15) is 0 Å². The van der Waals surface area contributed by atoms with Gasteiger partial charge in [0.15, 0.2) is 0 Å². The second-order valence-corrected chi connectivity index (χ2v) is 2.14. The maximum Gasteiger partial charge on any atom is 0.0826 e. The highest BCUT2D eigenvalue weighted by molar-refractivity contribution is 7.07. The molecule has 1 heterocycles. The molecular weight excluding hydrogens is 152 g/mol. The molecule has 1 N–H and O–H groups in total. The van der Waals surface area contributed by atoms with E-state index in [4.69, 9.17) is 15.0 Å². The molecule has 0 spiro atoms. The van der Waals surface area contributed by atoms with Crippen LogP contribution < -0.4 is 5.11 Å². The lowest BCUT2D eigenvalue weighted by atomic mass is 10.7. The zero-order chi connectivity index (χ0) is 7.82. The van der Waals surface area contributed by atoms with E-state index in [-0.39, 0.29) is 0 Å². The van der Waals surface area contributed by atoms with Crippen LogP contribution in [0.25, 0.3) is 0 Å². The third kappa shape index (κ3) is 7.13. The van der Waals surface area contributed by atoms with Gasteiger partial charge in [0, 0.05) is 0 Å². The highest BCUT2D eigenvalue weighted by Gasteiger charge is 1.66. The van der Waals surface area contributed by atoms with E-state index in [2.05, 4.69) is 0 Å². The van der Waals surface area contributed by atoms with E-state index >= 15 is 0 Å². The maximum atomic E-state index is 9.01. The van der Waals surface area contributed by atoms with Gasteiger partial charge in [0.05, 0.1) is 12.6 Å². The predicted molar refractivity (Wildman–Crippen MR) is 36.4 cm³/mol. The van der Waals surface area contributed by atoms with E-state index in [0.717, 1.165) is 0 Å². The number of carbonyl (C=O) groups excluding carboxylic acids is 1. The molecule has 0 bridgehead atoms. The molecule has 1 aromatic heterocycles. The molecule has 0 aliphatic heterocycles. The van der Waals surface area contributed by atoms with Gasteiger partial charge in [-0.15, -0.1) is 0 Å². The molecule has 0 radical (unpaired) electrons. The molecule has 10 heavy (non-hydrogen) atoms. The van der Waals surface area contributed by atoms with Crippen molar-refractivity contribution in [2.24, 2.45) is 0 Å². The summed E-state index contributed by atoms with van der Waals surface area (Å²) in [4.78, 5) is 9.01.